The smallest absolute Gasteiger partial charge is 0.0238 e. The molecule has 1 rings (SSSR count). The van der Waals surface area contributed by atoms with Crippen LogP contribution in [0, 0.1) is 0 Å². The van der Waals surface area contributed by atoms with Crippen LogP contribution < -0.4 is 0 Å². The summed E-state index contributed by atoms with van der Waals surface area (Å²) in [6.45, 7) is 4.17. The lowest BCUT2D eigenvalue weighted by atomic mass is 10.2. The summed E-state index contributed by atoms with van der Waals surface area (Å²) in [7, 11) is 0. The van der Waals surface area contributed by atoms with Crippen LogP contribution in [0.2, 0.25) is 0 Å². The molecule has 0 spiro atoms. The molecule has 0 saturated heterocycles. The fourth-order valence-electron chi connectivity index (χ4n) is 1.24. The molecule has 1 aliphatic rings. The van der Waals surface area contributed by atoms with Crippen molar-refractivity contribution in [3.8, 4) is 0 Å². The van der Waals surface area contributed by atoms with Crippen LogP contribution in [0.3, 0.4) is 0 Å². The summed E-state index contributed by atoms with van der Waals surface area (Å²) in [4.78, 5) is 0. The lowest BCUT2D eigenvalue weighted by Crippen LogP contribution is -1.66. The molecule has 0 aromatic heterocycles. The van der Waals surface area contributed by atoms with Gasteiger partial charge >= 0.3 is 0 Å². The SMILES string of the molecule is CC=CC1=CC(=CC)CC1. The molecule has 0 saturated carbocycles. The molecule has 0 aromatic rings. The topological polar surface area (TPSA) is 0 Å². The van der Waals surface area contributed by atoms with Crippen LogP contribution in [0.4, 0.5) is 0 Å². The number of hydrogen-bond donors (Lipinski definition) is 0. The van der Waals surface area contributed by atoms with Crippen molar-refractivity contribution in [2.24, 2.45) is 0 Å². The second kappa shape index (κ2) is 3.40. The molecule has 0 amide bonds. The molecule has 0 aliphatic heterocycles. The first-order valence-corrected chi connectivity index (χ1v) is 3.85. The fourth-order valence-corrected chi connectivity index (χ4v) is 1.24. The number of hydrogen-bond acceptors (Lipinski definition) is 0. The summed E-state index contributed by atoms with van der Waals surface area (Å²) in [5.74, 6) is 0. The highest BCUT2D eigenvalue weighted by Gasteiger charge is 2.03. The summed E-state index contributed by atoms with van der Waals surface area (Å²) in [6.07, 6.45) is 11.2. The zero-order chi connectivity index (χ0) is 7.40. The van der Waals surface area contributed by atoms with E-state index in [2.05, 4.69) is 38.2 Å². The van der Waals surface area contributed by atoms with Crippen LogP contribution in [-0.4, -0.2) is 0 Å². The average Bonchev–Trinajstić information content (AvgIpc) is 2.37. The molecular weight excluding hydrogens is 120 g/mol. The minimum absolute atomic E-state index is 1.23. The second-order valence-corrected chi connectivity index (χ2v) is 2.58. The Labute approximate surface area is 62.9 Å². The molecule has 0 aromatic carbocycles. The third-order valence-electron chi connectivity index (χ3n) is 1.82. The van der Waals surface area contributed by atoms with Crippen LogP contribution in [0.1, 0.15) is 26.7 Å². The largest absolute Gasteiger partial charge is 0.0874 e. The molecule has 0 fully saturated rings. The van der Waals surface area contributed by atoms with Crippen molar-refractivity contribution >= 4 is 0 Å². The molecule has 1 aliphatic carbocycles. The van der Waals surface area contributed by atoms with E-state index in [4.69, 9.17) is 0 Å². The predicted molar refractivity (Wildman–Crippen MR) is 45.9 cm³/mol. The summed E-state index contributed by atoms with van der Waals surface area (Å²) in [6, 6.07) is 0. The highest BCUT2D eigenvalue weighted by molar-refractivity contribution is 5.35. The Morgan fingerprint density at radius 2 is 2.10 bits per heavy atom. The third kappa shape index (κ3) is 1.60. The molecule has 0 atom stereocenters. The van der Waals surface area contributed by atoms with Crippen molar-refractivity contribution in [1.29, 1.82) is 0 Å². The zero-order valence-corrected chi connectivity index (χ0v) is 6.72. The fraction of sp³-hybridized carbons (Fsp3) is 0.400. The van der Waals surface area contributed by atoms with E-state index in [1.165, 1.54) is 24.0 Å². The predicted octanol–water partition coefficient (Wildman–Crippen LogP) is 3.23. The third-order valence-corrected chi connectivity index (χ3v) is 1.82. The quantitative estimate of drug-likeness (QED) is 0.516. The maximum Gasteiger partial charge on any atom is -0.0238 e. The highest BCUT2D eigenvalue weighted by Crippen LogP contribution is 2.23. The van der Waals surface area contributed by atoms with E-state index in [1.54, 1.807) is 0 Å². The van der Waals surface area contributed by atoms with Crippen LogP contribution in [0.5, 0.6) is 0 Å². The maximum atomic E-state index is 2.28. The van der Waals surface area contributed by atoms with E-state index in [-0.39, 0.29) is 0 Å². The molecule has 0 nitrogen and oxygen atoms in total. The normalized spacial score (nSPS) is 22.6. The highest BCUT2D eigenvalue weighted by atomic mass is 14.1. The standard InChI is InChI=1S/C10H14/c1-3-5-10-7-6-9(4-2)8-10/h3-5,8H,6-7H2,1-2H3. The Kier molecular flexibility index (Phi) is 2.49. The molecule has 54 valence electrons. The van der Waals surface area contributed by atoms with Crippen LogP contribution in [-0.2, 0) is 0 Å². The van der Waals surface area contributed by atoms with Gasteiger partial charge in [0.2, 0.25) is 0 Å². The first-order chi connectivity index (χ1) is 4.86. The molecule has 0 heterocycles. The second-order valence-electron chi connectivity index (χ2n) is 2.58. The lowest BCUT2D eigenvalue weighted by molar-refractivity contribution is 1.03. The van der Waals surface area contributed by atoms with Crippen molar-refractivity contribution in [2.45, 2.75) is 26.7 Å². The van der Waals surface area contributed by atoms with Gasteiger partial charge in [0.25, 0.3) is 0 Å². The van der Waals surface area contributed by atoms with Gasteiger partial charge in [-0.15, -0.1) is 0 Å². The molecule has 0 N–H and O–H groups in total. The van der Waals surface area contributed by atoms with E-state index >= 15 is 0 Å². The molecule has 10 heavy (non-hydrogen) atoms. The molecular formula is C10H14. The van der Waals surface area contributed by atoms with E-state index in [9.17, 15) is 0 Å². The Morgan fingerprint density at radius 3 is 2.60 bits per heavy atom. The average molecular weight is 134 g/mol. The van der Waals surface area contributed by atoms with Crippen LogP contribution in [0.25, 0.3) is 0 Å². The van der Waals surface area contributed by atoms with Gasteiger partial charge in [-0.2, -0.15) is 0 Å². The van der Waals surface area contributed by atoms with E-state index in [1.807, 2.05) is 0 Å². The van der Waals surface area contributed by atoms with E-state index < -0.39 is 0 Å². The molecule has 0 heteroatoms. The van der Waals surface area contributed by atoms with Gasteiger partial charge in [0, 0.05) is 0 Å². The van der Waals surface area contributed by atoms with Gasteiger partial charge in [0.05, 0.1) is 0 Å². The minimum atomic E-state index is 1.23. The van der Waals surface area contributed by atoms with Gasteiger partial charge in [-0.05, 0) is 32.3 Å². The van der Waals surface area contributed by atoms with E-state index in [0.717, 1.165) is 0 Å². The minimum Gasteiger partial charge on any atom is -0.0874 e. The van der Waals surface area contributed by atoms with Crippen molar-refractivity contribution < 1.29 is 0 Å². The van der Waals surface area contributed by atoms with Crippen molar-refractivity contribution in [2.75, 3.05) is 0 Å². The maximum absolute atomic E-state index is 2.28. The van der Waals surface area contributed by atoms with E-state index in [0.29, 0.717) is 0 Å². The van der Waals surface area contributed by atoms with Gasteiger partial charge < -0.3 is 0 Å². The molecule has 0 unspecified atom stereocenters. The summed E-state index contributed by atoms with van der Waals surface area (Å²) in [5.41, 5.74) is 2.95. The monoisotopic (exact) mass is 134 g/mol. The van der Waals surface area contributed by atoms with Gasteiger partial charge in [-0.1, -0.05) is 29.9 Å². The lowest BCUT2D eigenvalue weighted by Gasteiger charge is -1.85. The summed E-state index contributed by atoms with van der Waals surface area (Å²) >= 11 is 0. The first-order valence-electron chi connectivity index (χ1n) is 3.85. The van der Waals surface area contributed by atoms with Gasteiger partial charge in [-0.25, -0.2) is 0 Å². The van der Waals surface area contributed by atoms with Crippen LogP contribution >= 0.6 is 0 Å². The van der Waals surface area contributed by atoms with Crippen molar-refractivity contribution in [1.82, 2.24) is 0 Å². The Hall–Kier alpha value is -0.780. The van der Waals surface area contributed by atoms with Gasteiger partial charge in [0.1, 0.15) is 0 Å². The summed E-state index contributed by atoms with van der Waals surface area (Å²) < 4.78 is 0. The number of rotatable bonds is 1. The summed E-state index contributed by atoms with van der Waals surface area (Å²) in [5, 5.41) is 0. The van der Waals surface area contributed by atoms with Crippen molar-refractivity contribution in [3.63, 3.8) is 0 Å². The van der Waals surface area contributed by atoms with Gasteiger partial charge in [-0.3, -0.25) is 0 Å². The molecule has 0 bridgehead atoms. The van der Waals surface area contributed by atoms with Crippen LogP contribution in [0.15, 0.2) is 35.5 Å². The first kappa shape index (κ1) is 7.33. The molecule has 0 radical (unpaired) electrons. The zero-order valence-electron chi connectivity index (χ0n) is 6.72. The number of allylic oxidation sites excluding steroid dienone is 6. The Balaban J connectivity index is 2.66. The van der Waals surface area contributed by atoms with Gasteiger partial charge in [0.15, 0.2) is 0 Å². The Bertz CT molecular complexity index is 192. The van der Waals surface area contributed by atoms with Crippen molar-refractivity contribution in [3.05, 3.63) is 35.5 Å². The Morgan fingerprint density at radius 1 is 1.30 bits per heavy atom.